The van der Waals surface area contributed by atoms with Crippen LogP contribution in [0.5, 0.6) is 0 Å². The molecule has 1 aliphatic rings. The molecule has 37 heavy (non-hydrogen) atoms. The van der Waals surface area contributed by atoms with Crippen LogP contribution in [-0.4, -0.2) is 52.4 Å². The number of benzene rings is 1. The van der Waals surface area contributed by atoms with Crippen molar-refractivity contribution in [3.8, 4) is 10.4 Å². The molecule has 8 nitrogen and oxygen atoms in total. The SMILES string of the molecule is CC(C)(C)CC(=O)N1CCC(O)C1.CCCCCC(N)=O.Cc1ncsc1-c1ccc(CNC=O)cc1. The van der Waals surface area contributed by atoms with Crippen molar-refractivity contribution in [3.05, 3.63) is 41.0 Å². The predicted molar refractivity (Wildman–Crippen MR) is 150 cm³/mol. The minimum Gasteiger partial charge on any atom is -0.391 e. The Kier molecular flexibility index (Phi) is 14.7. The number of carbonyl (C=O) groups excluding carboxylic acids is 3. The van der Waals surface area contributed by atoms with E-state index < -0.39 is 0 Å². The molecule has 1 unspecified atom stereocenters. The van der Waals surface area contributed by atoms with Gasteiger partial charge in [-0.1, -0.05) is 64.8 Å². The average molecular weight is 533 g/mol. The van der Waals surface area contributed by atoms with E-state index in [0.29, 0.717) is 32.3 Å². The smallest absolute Gasteiger partial charge is 0.223 e. The molecular formula is C28H44N4O4S. The molecule has 3 rings (SSSR count). The van der Waals surface area contributed by atoms with E-state index in [4.69, 9.17) is 5.73 Å². The van der Waals surface area contributed by atoms with Crippen molar-refractivity contribution in [2.75, 3.05) is 13.1 Å². The zero-order valence-electron chi connectivity index (χ0n) is 23.0. The molecule has 1 fully saturated rings. The second kappa shape index (κ2) is 16.9. The van der Waals surface area contributed by atoms with Crippen LogP contribution in [0.4, 0.5) is 0 Å². The number of aliphatic hydroxyl groups is 1. The lowest BCUT2D eigenvalue weighted by molar-refractivity contribution is -0.132. The van der Waals surface area contributed by atoms with Crippen LogP contribution in [0.2, 0.25) is 0 Å². The van der Waals surface area contributed by atoms with Gasteiger partial charge in [0.2, 0.25) is 18.2 Å². The highest BCUT2D eigenvalue weighted by molar-refractivity contribution is 7.13. The fourth-order valence-electron chi connectivity index (χ4n) is 3.60. The molecule has 9 heteroatoms. The molecule has 0 aliphatic carbocycles. The maximum Gasteiger partial charge on any atom is 0.223 e. The van der Waals surface area contributed by atoms with Gasteiger partial charge in [-0.05, 0) is 36.3 Å². The third-order valence-electron chi connectivity index (χ3n) is 5.58. The number of rotatable bonds is 9. The van der Waals surface area contributed by atoms with Crippen LogP contribution in [0.3, 0.4) is 0 Å². The Morgan fingerprint density at radius 2 is 1.92 bits per heavy atom. The summed E-state index contributed by atoms with van der Waals surface area (Å²) in [6.07, 6.45) is 5.47. The van der Waals surface area contributed by atoms with Crippen LogP contribution in [0.25, 0.3) is 10.4 Å². The zero-order valence-corrected chi connectivity index (χ0v) is 23.8. The average Bonchev–Trinajstić information content (AvgIpc) is 3.46. The van der Waals surface area contributed by atoms with E-state index in [1.54, 1.807) is 16.2 Å². The van der Waals surface area contributed by atoms with Gasteiger partial charge < -0.3 is 21.1 Å². The van der Waals surface area contributed by atoms with E-state index in [1.165, 1.54) is 10.4 Å². The van der Waals surface area contributed by atoms with Gasteiger partial charge in [0.05, 0.1) is 22.2 Å². The molecular weight excluding hydrogens is 488 g/mol. The first-order valence-corrected chi connectivity index (χ1v) is 13.7. The van der Waals surface area contributed by atoms with Crippen LogP contribution in [0.15, 0.2) is 29.8 Å². The number of likely N-dealkylation sites (tertiary alicyclic amines) is 1. The number of unbranched alkanes of at least 4 members (excludes halogenated alkanes) is 2. The Balaban J connectivity index is 0.000000295. The third kappa shape index (κ3) is 13.9. The molecule has 0 bridgehead atoms. The van der Waals surface area contributed by atoms with Gasteiger partial charge in [-0.15, -0.1) is 11.3 Å². The number of nitrogens with two attached hydrogens (primary N) is 1. The quantitative estimate of drug-likeness (QED) is 0.325. The number of aliphatic hydroxyl groups excluding tert-OH is 1. The number of nitrogens with zero attached hydrogens (tertiary/aromatic N) is 2. The van der Waals surface area contributed by atoms with Crippen LogP contribution in [-0.2, 0) is 20.9 Å². The topological polar surface area (TPSA) is 126 Å². The summed E-state index contributed by atoms with van der Waals surface area (Å²) < 4.78 is 0. The molecule has 2 heterocycles. The maximum atomic E-state index is 11.6. The lowest BCUT2D eigenvalue weighted by atomic mass is 9.92. The third-order valence-corrected chi connectivity index (χ3v) is 6.55. The lowest BCUT2D eigenvalue weighted by Gasteiger charge is -2.22. The molecule has 1 aromatic carbocycles. The molecule has 2 aromatic rings. The van der Waals surface area contributed by atoms with E-state index in [-0.39, 0.29) is 23.3 Å². The summed E-state index contributed by atoms with van der Waals surface area (Å²) >= 11 is 1.64. The summed E-state index contributed by atoms with van der Waals surface area (Å²) in [4.78, 5) is 39.1. The maximum absolute atomic E-state index is 11.6. The van der Waals surface area contributed by atoms with Gasteiger partial charge in [0, 0.05) is 32.5 Å². The van der Waals surface area contributed by atoms with Gasteiger partial charge in [-0.2, -0.15) is 0 Å². The van der Waals surface area contributed by atoms with E-state index in [0.717, 1.165) is 43.5 Å². The van der Waals surface area contributed by atoms with Crippen molar-refractivity contribution in [2.45, 2.75) is 85.8 Å². The molecule has 1 saturated heterocycles. The Morgan fingerprint density at radius 3 is 2.38 bits per heavy atom. The molecule has 206 valence electrons. The van der Waals surface area contributed by atoms with Gasteiger partial charge in [0.25, 0.3) is 0 Å². The molecule has 0 radical (unpaired) electrons. The number of nitrogens with one attached hydrogen (secondary N) is 1. The van der Waals surface area contributed by atoms with Crippen molar-refractivity contribution in [1.29, 1.82) is 0 Å². The summed E-state index contributed by atoms with van der Waals surface area (Å²) in [5, 5.41) is 11.9. The number of thiazole rings is 1. The van der Waals surface area contributed by atoms with Crippen LogP contribution >= 0.6 is 11.3 Å². The number of β-amino-alcohol motifs (C(OH)–C–C–N with tert-alkyl or cyclic N) is 1. The number of amides is 3. The monoisotopic (exact) mass is 532 g/mol. The van der Waals surface area contributed by atoms with Crippen molar-refractivity contribution in [3.63, 3.8) is 0 Å². The normalized spacial score (nSPS) is 14.6. The van der Waals surface area contributed by atoms with Crippen LogP contribution in [0, 0.1) is 12.3 Å². The van der Waals surface area contributed by atoms with E-state index >= 15 is 0 Å². The number of aryl methyl sites for hydroxylation is 1. The molecule has 4 N–H and O–H groups in total. The molecule has 0 spiro atoms. The molecule has 3 amide bonds. The zero-order chi connectivity index (χ0) is 27.8. The Bertz CT molecular complexity index is 954. The van der Waals surface area contributed by atoms with Crippen molar-refractivity contribution in [2.24, 2.45) is 11.1 Å². The minimum atomic E-state index is -0.302. The number of primary amides is 1. The van der Waals surface area contributed by atoms with Gasteiger partial charge in [0.1, 0.15) is 0 Å². The summed E-state index contributed by atoms with van der Waals surface area (Å²) in [6.45, 7) is 12.1. The van der Waals surface area contributed by atoms with Gasteiger partial charge >= 0.3 is 0 Å². The first-order valence-electron chi connectivity index (χ1n) is 12.9. The summed E-state index contributed by atoms with van der Waals surface area (Å²) in [5.74, 6) is -0.0116. The minimum absolute atomic E-state index is 0.0463. The Labute approximate surface area is 225 Å². The summed E-state index contributed by atoms with van der Waals surface area (Å²) in [6, 6.07) is 8.15. The van der Waals surface area contributed by atoms with Gasteiger partial charge in [0.15, 0.2) is 0 Å². The number of hydrogen-bond acceptors (Lipinski definition) is 6. The van der Waals surface area contributed by atoms with Crippen molar-refractivity contribution < 1.29 is 19.5 Å². The van der Waals surface area contributed by atoms with E-state index in [1.807, 2.05) is 24.6 Å². The van der Waals surface area contributed by atoms with E-state index in [2.05, 4.69) is 50.1 Å². The fraction of sp³-hybridized carbons (Fsp3) is 0.571. The first kappa shape index (κ1) is 32.2. The second-order valence-electron chi connectivity index (χ2n) is 10.4. The second-order valence-corrected chi connectivity index (χ2v) is 11.3. The fourth-order valence-corrected chi connectivity index (χ4v) is 4.41. The highest BCUT2D eigenvalue weighted by atomic mass is 32.1. The highest BCUT2D eigenvalue weighted by Crippen LogP contribution is 2.27. The predicted octanol–water partition coefficient (Wildman–Crippen LogP) is 4.43. The van der Waals surface area contributed by atoms with Gasteiger partial charge in [-0.25, -0.2) is 4.98 Å². The molecule has 1 atom stereocenters. The van der Waals surface area contributed by atoms with Crippen molar-refractivity contribution >= 4 is 29.6 Å². The molecule has 1 aromatic heterocycles. The largest absolute Gasteiger partial charge is 0.391 e. The van der Waals surface area contributed by atoms with Crippen LogP contribution < -0.4 is 11.1 Å². The lowest BCUT2D eigenvalue weighted by Crippen LogP contribution is -2.32. The Hall–Kier alpha value is -2.78. The van der Waals surface area contributed by atoms with Crippen LogP contribution in [0.1, 0.15) is 77.5 Å². The first-order chi connectivity index (χ1) is 17.5. The Morgan fingerprint density at radius 1 is 1.24 bits per heavy atom. The number of hydrogen-bond donors (Lipinski definition) is 3. The highest BCUT2D eigenvalue weighted by Gasteiger charge is 2.27. The van der Waals surface area contributed by atoms with E-state index in [9.17, 15) is 19.5 Å². The summed E-state index contributed by atoms with van der Waals surface area (Å²) in [7, 11) is 0. The van der Waals surface area contributed by atoms with Gasteiger partial charge in [-0.3, -0.25) is 14.4 Å². The number of aromatic nitrogens is 1. The molecule has 0 saturated carbocycles. The molecule has 1 aliphatic heterocycles. The standard InChI is InChI=1S/C12H12N2OS.C10H19NO2.C6H13NO/c1-9-12(16-8-14-9)11-4-2-10(3-5-11)6-13-7-15;1-10(2,3)6-9(13)11-5-4-8(12)7-11;1-2-3-4-5-6(7)8/h2-5,7-8H,6H2,1H3,(H,13,15);8,12H,4-7H2,1-3H3;2-5H2,1H3,(H2,7,8). The number of carbonyl (C=O) groups is 3. The summed E-state index contributed by atoms with van der Waals surface area (Å²) in [5.41, 5.74) is 10.1. The van der Waals surface area contributed by atoms with Crippen molar-refractivity contribution in [1.82, 2.24) is 15.2 Å².